The van der Waals surface area contributed by atoms with Crippen molar-refractivity contribution in [3.8, 4) is 6.07 Å². The van der Waals surface area contributed by atoms with Crippen molar-refractivity contribution in [2.45, 2.75) is 43.2 Å². The van der Waals surface area contributed by atoms with Crippen molar-refractivity contribution in [1.82, 2.24) is 0 Å². The second-order valence-electron chi connectivity index (χ2n) is 4.24. The molecule has 2 atom stereocenters. The fourth-order valence-corrected chi connectivity index (χ4v) is 3.42. The number of nitriles is 1. The molecule has 0 aliphatic carbocycles. The van der Waals surface area contributed by atoms with Crippen LogP contribution >= 0.6 is 0 Å². The van der Waals surface area contributed by atoms with Gasteiger partial charge >= 0.3 is 6.18 Å². The van der Waals surface area contributed by atoms with Gasteiger partial charge in [-0.25, -0.2) is 8.42 Å². The summed E-state index contributed by atoms with van der Waals surface area (Å²) >= 11 is 0. The Balaban J connectivity index is 2.59. The Labute approximate surface area is 104 Å². The van der Waals surface area contributed by atoms with E-state index in [1.807, 2.05) is 0 Å². The maximum absolute atomic E-state index is 12.0. The summed E-state index contributed by atoms with van der Waals surface area (Å²) in [7, 11) is -3.86. The third-order valence-electron chi connectivity index (χ3n) is 2.71. The zero-order chi connectivity index (χ0) is 13.8. The molecule has 0 aromatic rings. The Hall–Kier alpha value is -0.810. The Kier molecular flexibility index (Phi) is 4.99. The zero-order valence-corrected chi connectivity index (χ0v) is 10.4. The molecule has 8 heteroatoms. The van der Waals surface area contributed by atoms with E-state index in [1.165, 1.54) is 6.07 Å². The minimum atomic E-state index is -4.45. The van der Waals surface area contributed by atoms with E-state index in [9.17, 15) is 21.6 Å². The summed E-state index contributed by atoms with van der Waals surface area (Å²) in [6.07, 6.45) is -5.62. The van der Waals surface area contributed by atoms with Crippen LogP contribution in [0.3, 0.4) is 0 Å². The van der Waals surface area contributed by atoms with E-state index in [0.29, 0.717) is 13.0 Å². The van der Waals surface area contributed by atoms with E-state index in [0.717, 1.165) is 6.42 Å². The number of hydrogen-bond acceptors (Lipinski definition) is 4. The largest absolute Gasteiger partial charge is 0.389 e. The van der Waals surface area contributed by atoms with E-state index in [4.69, 9.17) is 10.00 Å². The lowest BCUT2D eigenvalue weighted by atomic mass is 10.2. The third kappa shape index (κ3) is 4.82. The molecule has 0 N–H and O–H groups in total. The minimum Gasteiger partial charge on any atom is -0.377 e. The highest BCUT2D eigenvalue weighted by atomic mass is 32.2. The molecule has 104 valence electrons. The SMILES string of the molecule is N#CC(CCC(F)(F)F)S(=O)(=O)CC1CCCO1. The summed E-state index contributed by atoms with van der Waals surface area (Å²) in [6, 6.07) is 1.45. The molecule has 1 fully saturated rings. The molecule has 1 aliphatic heterocycles. The zero-order valence-electron chi connectivity index (χ0n) is 9.61. The Morgan fingerprint density at radius 3 is 2.56 bits per heavy atom. The molecule has 0 bridgehead atoms. The maximum atomic E-state index is 12.0. The molecule has 18 heavy (non-hydrogen) atoms. The molecule has 0 aromatic heterocycles. The molecule has 0 saturated carbocycles. The van der Waals surface area contributed by atoms with Gasteiger partial charge in [0, 0.05) is 13.0 Å². The van der Waals surface area contributed by atoms with E-state index in [-0.39, 0.29) is 5.75 Å². The van der Waals surface area contributed by atoms with Crippen LogP contribution in [-0.4, -0.2) is 38.3 Å². The summed E-state index contributed by atoms with van der Waals surface area (Å²) in [5.41, 5.74) is 0. The van der Waals surface area contributed by atoms with Crippen molar-refractivity contribution in [2.24, 2.45) is 0 Å². The average Bonchev–Trinajstić information content (AvgIpc) is 2.68. The van der Waals surface area contributed by atoms with E-state index >= 15 is 0 Å². The van der Waals surface area contributed by atoms with Crippen LogP contribution < -0.4 is 0 Å². The second-order valence-corrected chi connectivity index (χ2v) is 6.46. The average molecular weight is 285 g/mol. The van der Waals surface area contributed by atoms with Crippen LogP contribution in [0.25, 0.3) is 0 Å². The van der Waals surface area contributed by atoms with E-state index < -0.39 is 40.2 Å². The van der Waals surface area contributed by atoms with Gasteiger partial charge in [0.15, 0.2) is 9.84 Å². The molecule has 0 amide bonds. The van der Waals surface area contributed by atoms with Crippen LogP contribution in [0.5, 0.6) is 0 Å². The minimum absolute atomic E-state index is 0.372. The molecule has 0 spiro atoms. The van der Waals surface area contributed by atoms with Crippen LogP contribution in [0, 0.1) is 11.3 Å². The number of nitrogens with zero attached hydrogens (tertiary/aromatic N) is 1. The van der Waals surface area contributed by atoms with Crippen LogP contribution in [0.1, 0.15) is 25.7 Å². The molecular formula is C10H14F3NO3S. The predicted octanol–water partition coefficient (Wildman–Crippen LogP) is 1.81. The lowest BCUT2D eigenvalue weighted by molar-refractivity contribution is -0.135. The monoisotopic (exact) mass is 285 g/mol. The van der Waals surface area contributed by atoms with Crippen molar-refractivity contribution in [3.63, 3.8) is 0 Å². The van der Waals surface area contributed by atoms with Crippen molar-refractivity contribution in [1.29, 1.82) is 5.26 Å². The number of hydrogen-bond donors (Lipinski definition) is 0. The maximum Gasteiger partial charge on any atom is 0.389 e. The van der Waals surface area contributed by atoms with Gasteiger partial charge in [-0.15, -0.1) is 0 Å². The van der Waals surface area contributed by atoms with Crippen LogP contribution in [0.2, 0.25) is 0 Å². The molecule has 1 aliphatic rings. The number of rotatable bonds is 5. The van der Waals surface area contributed by atoms with Gasteiger partial charge in [0.25, 0.3) is 0 Å². The number of ether oxygens (including phenoxy) is 1. The number of alkyl halides is 3. The van der Waals surface area contributed by atoms with Crippen molar-refractivity contribution >= 4 is 9.84 Å². The van der Waals surface area contributed by atoms with Crippen LogP contribution in [0.15, 0.2) is 0 Å². The van der Waals surface area contributed by atoms with Gasteiger partial charge in [-0.1, -0.05) is 0 Å². The third-order valence-corrected chi connectivity index (χ3v) is 4.75. The normalized spacial score (nSPS) is 22.7. The van der Waals surface area contributed by atoms with Crippen LogP contribution in [0.4, 0.5) is 13.2 Å². The summed E-state index contributed by atoms with van der Waals surface area (Å²) in [6.45, 7) is 0.458. The predicted molar refractivity (Wildman–Crippen MR) is 57.5 cm³/mol. The fourth-order valence-electron chi connectivity index (χ4n) is 1.77. The van der Waals surface area contributed by atoms with E-state index in [1.54, 1.807) is 0 Å². The first kappa shape index (κ1) is 15.2. The summed E-state index contributed by atoms with van der Waals surface area (Å²) in [5.74, 6) is -0.372. The van der Waals surface area contributed by atoms with Gasteiger partial charge in [0.2, 0.25) is 0 Å². The number of halogens is 3. The van der Waals surface area contributed by atoms with Gasteiger partial charge in [-0.05, 0) is 19.3 Å². The lowest BCUT2D eigenvalue weighted by Gasteiger charge is -2.15. The summed E-state index contributed by atoms with van der Waals surface area (Å²) < 4.78 is 64.7. The second kappa shape index (κ2) is 5.89. The van der Waals surface area contributed by atoms with E-state index in [2.05, 4.69) is 0 Å². The van der Waals surface area contributed by atoms with Gasteiger partial charge in [-0.2, -0.15) is 18.4 Å². The highest BCUT2D eigenvalue weighted by Crippen LogP contribution is 2.25. The molecule has 1 heterocycles. The fraction of sp³-hybridized carbons (Fsp3) is 0.900. The molecule has 0 radical (unpaired) electrons. The first-order valence-electron chi connectivity index (χ1n) is 5.54. The van der Waals surface area contributed by atoms with Crippen molar-refractivity contribution in [2.75, 3.05) is 12.4 Å². The molecule has 2 unspecified atom stereocenters. The van der Waals surface area contributed by atoms with Crippen molar-refractivity contribution in [3.05, 3.63) is 0 Å². The Bertz CT molecular complexity index is 407. The van der Waals surface area contributed by atoms with Gasteiger partial charge in [0.05, 0.1) is 17.9 Å². The molecule has 4 nitrogen and oxygen atoms in total. The van der Waals surface area contributed by atoms with Crippen molar-refractivity contribution < 1.29 is 26.3 Å². The Morgan fingerprint density at radius 1 is 1.44 bits per heavy atom. The smallest absolute Gasteiger partial charge is 0.377 e. The summed E-state index contributed by atoms with van der Waals surface area (Å²) in [4.78, 5) is 0. The quantitative estimate of drug-likeness (QED) is 0.772. The Morgan fingerprint density at radius 2 is 2.11 bits per heavy atom. The molecular weight excluding hydrogens is 271 g/mol. The topological polar surface area (TPSA) is 67.2 Å². The van der Waals surface area contributed by atoms with Crippen LogP contribution in [-0.2, 0) is 14.6 Å². The number of sulfone groups is 1. The lowest BCUT2D eigenvalue weighted by Crippen LogP contribution is -2.30. The first-order valence-corrected chi connectivity index (χ1v) is 7.26. The highest BCUT2D eigenvalue weighted by molar-refractivity contribution is 7.92. The standard InChI is InChI=1S/C10H14F3NO3S/c11-10(12,13)4-3-9(6-14)18(15,16)7-8-2-1-5-17-8/h8-9H,1-5,7H2. The summed E-state index contributed by atoms with van der Waals surface area (Å²) in [5, 5.41) is 7.09. The van der Waals surface area contributed by atoms with Gasteiger partial charge < -0.3 is 4.74 Å². The highest BCUT2D eigenvalue weighted by Gasteiger charge is 2.35. The van der Waals surface area contributed by atoms with Gasteiger partial charge in [0.1, 0.15) is 5.25 Å². The molecule has 1 saturated heterocycles. The molecule has 0 aromatic carbocycles. The van der Waals surface area contributed by atoms with Gasteiger partial charge in [-0.3, -0.25) is 0 Å². The first-order chi connectivity index (χ1) is 8.24. The molecule has 1 rings (SSSR count).